The molecule has 0 radical (unpaired) electrons. The van der Waals surface area contributed by atoms with Crippen molar-refractivity contribution in [3.8, 4) is 0 Å². The summed E-state index contributed by atoms with van der Waals surface area (Å²) in [5.74, 6) is -2.84. The largest absolute Gasteiger partial charge is 0.416 e. The number of carbonyl (C=O) groups is 2. The third kappa shape index (κ3) is 4.48. The zero-order chi connectivity index (χ0) is 23.8. The summed E-state index contributed by atoms with van der Waals surface area (Å²) in [5, 5.41) is 2.61. The van der Waals surface area contributed by atoms with Gasteiger partial charge >= 0.3 is 6.18 Å². The molecule has 0 spiro atoms. The molecule has 3 aromatic carbocycles. The van der Waals surface area contributed by atoms with Gasteiger partial charge in [0.05, 0.1) is 17.7 Å². The van der Waals surface area contributed by atoms with Crippen LogP contribution < -0.4 is 5.32 Å². The number of amides is 2. The highest BCUT2D eigenvalue weighted by atomic mass is 19.4. The molecule has 1 aliphatic rings. The third-order valence-electron chi connectivity index (χ3n) is 5.05. The van der Waals surface area contributed by atoms with E-state index in [1.807, 2.05) is 0 Å². The zero-order valence-corrected chi connectivity index (χ0v) is 16.8. The Kier molecular flexibility index (Phi) is 5.71. The second-order valence-corrected chi connectivity index (χ2v) is 7.25. The van der Waals surface area contributed by atoms with Crippen LogP contribution >= 0.6 is 0 Å². The van der Waals surface area contributed by atoms with Crippen LogP contribution in [-0.2, 0) is 22.3 Å². The first-order valence-electron chi connectivity index (χ1n) is 9.69. The Morgan fingerprint density at radius 2 is 1.52 bits per heavy atom. The van der Waals surface area contributed by atoms with Gasteiger partial charge in [0.1, 0.15) is 17.3 Å². The van der Waals surface area contributed by atoms with Gasteiger partial charge in [0, 0.05) is 11.3 Å². The second kappa shape index (κ2) is 8.50. The van der Waals surface area contributed by atoms with Crippen LogP contribution in [0.3, 0.4) is 0 Å². The first-order valence-corrected chi connectivity index (χ1v) is 9.69. The summed E-state index contributed by atoms with van der Waals surface area (Å²) in [6, 6.07) is 14.4. The average molecular weight is 458 g/mol. The summed E-state index contributed by atoms with van der Waals surface area (Å²) in [7, 11) is 0. The normalized spacial score (nSPS) is 14.3. The van der Waals surface area contributed by atoms with Gasteiger partial charge in [-0.15, -0.1) is 0 Å². The van der Waals surface area contributed by atoms with Gasteiger partial charge < -0.3 is 5.32 Å². The van der Waals surface area contributed by atoms with E-state index in [-0.39, 0.29) is 34.6 Å². The van der Waals surface area contributed by atoms with E-state index in [9.17, 15) is 31.5 Å². The fourth-order valence-corrected chi connectivity index (χ4v) is 3.43. The molecule has 2 amide bonds. The summed E-state index contributed by atoms with van der Waals surface area (Å²) in [4.78, 5) is 27.1. The monoisotopic (exact) mass is 458 g/mol. The van der Waals surface area contributed by atoms with Gasteiger partial charge in [-0.1, -0.05) is 36.4 Å². The van der Waals surface area contributed by atoms with Gasteiger partial charge in [-0.3, -0.25) is 14.5 Å². The first-order chi connectivity index (χ1) is 15.6. The summed E-state index contributed by atoms with van der Waals surface area (Å²) in [6.07, 6.45) is -4.61. The van der Waals surface area contributed by atoms with Gasteiger partial charge in [0.15, 0.2) is 0 Å². The minimum atomic E-state index is -4.61. The van der Waals surface area contributed by atoms with Crippen molar-refractivity contribution in [1.29, 1.82) is 0 Å². The van der Waals surface area contributed by atoms with E-state index in [4.69, 9.17) is 0 Å². The number of benzene rings is 3. The van der Waals surface area contributed by atoms with E-state index >= 15 is 0 Å². The quantitative estimate of drug-likeness (QED) is 0.413. The molecule has 4 nitrogen and oxygen atoms in total. The van der Waals surface area contributed by atoms with Crippen molar-refractivity contribution in [2.75, 3.05) is 5.32 Å². The van der Waals surface area contributed by atoms with Crippen LogP contribution in [0.25, 0.3) is 5.57 Å². The Morgan fingerprint density at radius 3 is 2.18 bits per heavy atom. The highest BCUT2D eigenvalue weighted by Gasteiger charge is 2.40. The number of halogens is 5. The van der Waals surface area contributed by atoms with E-state index in [1.54, 1.807) is 6.07 Å². The molecule has 9 heteroatoms. The number of nitrogens with zero attached hydrogens (tertiary/aromatic N) is 1. The predicted molar refractivity (Wildman–Crippen MR) is 110 cm³/mol. The minimum Gasteiger partial charge on any atom is -0.350 e. The standard InChI is InChI=1S/C24H15F5N2O2/c25-17-10-8-14(9-11-17)20-21(30-18-6-3-5-16(12-18)24(27,28)29)23(33)31(22(20)32)13-15-4-1-2-7-19(15)26/h1-12,30H,13H2. The van der Waals surface area contributed by atoms with Crippen LogP contribution in [0.15, 0.2) is 78.5 Å². The maximum Gasteiger partial charge on any atom is 0.416 e. The molecule has 33 heavy (non-hydrogen) atoms. The molecule has 0 aliphatic carbocycles. The molecular formula is C24H15F5N2O2. The van der Waals surface area contributed by atoms with Gasteiger partial charge in [-0.05, 0) is 42.0 Å². The maximum atomic E-state index is 14.1. The molecule has 0 aromatic heterocycles. The predicted octanol–water partition coefficient (Wildman–Crippen LogP) is 5.38. The van der Waals surface area contributed by atoms with Crippen LogP contribution in [0.1, 0.15) is 16.7 Å². The lowest BCUT2D eigenvalue weighted by atomic mass is 10.0. The van der Waals surface area contributed by atoms with E-state index in [2.05, 4.69) is 5.32 Å². The molecule has 0 saturated carbocycles. The van der Waals surface area contributed by atoms with E-state index < -0.39 is 35.2 Å². The highest BCUT2D eigenvalue weighted by molar-refractivity contribution is 6.36. The van der Waals surface area contributed by atoms with Crippen molar-refractivity contribution >= 4 is 23.1 Å². The summed E-state index contributed by atoms with van der Waals surface area (Å²) >= 11 is 0. The lowest BCUT2D eigenvalue weighted by Crippen LogP contribution is -2.32. The average Bonchev–Trinajstić information content (AvgIpc) is 3.00. The van der Waals surface area contributed by atoms with Crippen LogP contribution in [0.2, 0.25) is 0 Å². The SMILES string of the molecule is O=C1C(Nc2cccc(C(F)(F)F)c2)=C(c2ccc(F)cc2)C(=O)N1Cc1ccccc1F. The lowest BCUT2D eigenvalue weighted by Gasteiger charge is -2.16. The number of hydrogen-bond donors (Lipinski definition) is 1. The van der Waals surface area contributed by atoms with E-state index in [0.717, 1.165) is 35.2 Å². The molecule has 1 N–H and O–H groups in total. The number of nitrogens with one attached hydrogen (secondary N) is 1. The van der Waals surface area contributed by atoms with Gasteiger partial charge in [-0.2, -0.15) is 13.2 Å². The van der Waals surface area contributed by atoms with Crippen molar-refractivity contribution in [2.24, 2.45) is 0 Å². The Labute approximate surface area is 185 Å². The van der Waals surface area contributed by atoms with Crippen LogP contribution in [-0.4, -0.2) is 16.7 Å². The van der Waals surface area contributed by atoms with Crippen molar-refractivity contribution in [2.45, 2.75) is 12.7 Å². The molecule has 0 bridgehead atoms. The summed E-state index contributed by atoms with van der Waals surface area (Å²) in [6.45, 7) is -0.386. The molecule has 0 atom stereocenters. The number of anilines is 1. The van der Waals surface area contributed by atoms with Crippen molar-refractivity contribution in [3.05, 3.63) is 107 Å². The van der Waals surface area contributed by atoms with Gasteiger partial charge in [0.2, 0.25) is 0 Å². The van der Waals surface area contributed by atoms with E-state index in [1.165, 1.54) is 36.4 Å². The lowest BCUT2D eigenvalue weighted by molar-refractivity contribution is -0.138. The molecule has 168 valence electrons. The van der Waals surface area contributed by atoms with Crippen LogP contribution in [0.4, 0.5) is 27.6 Å². The van der Waals surface area contributed by atoms with Crippen LogP contribution in [0.5, 0.6) is 0 Å². The molecular weight excluding hydrogens is 443 g/mol. The van der Waals surface area contributed by atoms with Gasteiger partial charge in [-0.25, -0.2) is 8.78 Å². The molecule has 3 aromatic rings. The second-order valence-electron chi connectivity index (χ2n) is 7.25. The summed E-state index contributed by atoms with van der Waals surface area (Å²) < 4.78 is 66.9. The molecule has 4 rings (SSSR count). The highest BCUT2D eigenvalue weighted by Crippen LogP contribution is 2.34. The molecule has 0 fully saturated rings. The van der Waals surface area contributed by atoms with Gasteiger partial charge in [0.25, 0.3) is 11.8 Å². The van der Waals surface area contributed by atoms with E-state index in [0.29, 0.717) is 0 Å². The Hall–Kier alpha value is -4.01. The Bertz CT molecular complexity index is 1270. The smallest absolute Gasteiger partial charge is 0.350 e. The van der Waals surface area contributed by atoms with Crippen molar-refractivity contribution in [3.63, 3.8) is 0 Å². The molecule has 0 unspecified atom stereocenters. The fraction of sp³-hybridized carbons (Fsp3) is 0.0833. The number of hydrogen-bond acceptors (Lipinski definition) is 3. The van der Waals surface area contributed by atoms with Crippen molar-refractivity contribution < 1.29 is 31.5 Å². The number of imide groups is 1. The fourth-order valence-electron chi connectivity index (χ4n) is 3.43. The van der Waals surface area contributed by atoms with Crippen molar-refractivity contribution in [1.82, 2.24) is 4.90 Å². The molecule has 1 aliphatic heterocycles. The Balaban J connectivity index is 1.76. The van der Waals surface area contributed by atoms with Crippen LogP contribution in [0, 0.1) is 11.6 Å². The zero-order valence-electron chi connectivity index (χ0n) is 16.8. The summed E-state index contributed by atoms with van der Waals surface area (Å²) in [5.41, 5.74) is -1.21. The number of alkyl halides is 3. The molecule has 0 saturated heterocycles. The Morgan fingerprint density at radius 1 is 0.818 bits per heavy atom. The first kappa shape index (κ1) is 22.2. The minimum absolute atomic E-state index is 0.0756. The topological polar surface area (TPSA) is 49.4 Å². The molecule has 1 heterocycles. The third-order valence-corrected chi connectivity index (χ3v) is 5.05. The number of rotatable bonds is 5. The number of carbonyl (C=O) groups excluding carboxylic acids is 2. The maximum absolute atomic E-state index is 14.1.